The molecule has 8 nitrogen and oxygen atoms in total. The van der Waals surface area contributed by atoms with Crippen molar-refractivity contribution in [2.24, 2.45) is 5.73 Å². The molecule has 0 aliphatic rings. The Morgan fingerprint density at radius 2 is 1.51 bits per heavy atom. The summed E-state index contributed by atoms with van der Waals surface area (Å²) in [6.07, 6.45) is 13.3. The molecule has 0 aromatic heterocycles. The van der Waals surface area contributed by atoms with Gasteiger partial charge < -0.3 is 20.9 Å². The third kappa shape index (κ3) is 12.2. The molecule has 288 valence electrons. The molecule has 3 amide bonds. The highest BCUT2D eigenvalue weighted by Gasteiger charge is 2.30. The molecule has 1 atom stereocenters. The number of hydrogen-bond donors (Lipinski definition) is 3. The number of phenols is 1. The number of nitrogens with zero attached hydrogens (tertiary/aromatic N) is 2. The number of halogens is 1. The molecule has 3 rings (SSSR count). The van der Waals surface area contributed by atoms with E-state index in [-0.39, 0.29) is 44.6 Å². The van der Waals surface area contributed by atoms with Crippen LogP contribution in [-0.2, 0) is 15.6 Å². The summed E-state index contributed by atoms with van der Waals surface area (Å²) in [4.78, 5) is 27.7. The molecule has 3 aromatic rings. The number of carbonyl (C=O) groups is 2. The van der Waals surface area contributed by atoms with Crippen LogP contribution in [0.1, 0.15) is 149 Å². The summed E-state index contributed by atoms with van der Waals surface area (Å²) in [5.74, 6) is -0.0403. The van der Waals surface area contributed by atoms with Crippen LogP contribution in [-0.4, -0.2) is 23.1 Å². The third-order valence-electron chi connectivity index (χ3n) is 10.7. The van der Waals surface area contributed by atoms with Gasteiger partial charge in [0.05, 0.1) is 33.7 Å². The zero-order chi connectivity index (χ0) is 39.2. The van der Waals surface area contributed by atoms with E-state index < -0.39 is 12.1 Å². The molecular weight excluding hydrogens is 684 g/mol. The average Bonchev–Trinajstić information content (AvgIpc) is 3.13. The minimum atomic E-state index is -0.882. The summed E-state index contributed by atoms with van der Waals surface area (Å²) >= 11 is 6.70. The lowest BCUT2D eigenvalue weighted by Crippen LogP contribution is -2.34. The first-order chi connectivity index (χ1) is 25.2. The molecule has 0 saturated heterocycles. The second-order valence-corrected chi connectivity index (χ2v) is 15.8. The number of aromatic hydroxyl groups is 1. The number of unbranched alkanes of at least 4 members (excludes halogenated alkanes) is 9. The second kappa shape index (κ2) is 20.3. The fourth-order valence-electron chi connectivity index (χ4n) is 6.33. The highest BCUT2D eigenvalue weighted by atomic mass is 35.5. The number of rotatable bonds is 21. The van der Waals surface area contributed by atoms with E-state index in [0.29, 0.717) is 17.7 Å². The van der Waals surface area contributed by atoms with Crippen LogP contribution >= 0.6 is 11.6 Å². The molecule has 0 heterocycles. The zero-order valence-electron chi connectivity index (χ0n) is 33.0. The summed E-state index contributed by atoms with van der Waals surface area (Å²) in [5.41, 5.74) is 8.55. The molecule has 3 aromatic carbocycles. The molecule has 0 aliphatic carbocycles. The molecule has 0 saturated carbocycles. The maximum absolute atomic E-state index is 14.1. The van der Waals surface area contributed by atoms with Crippen LogP contribution in [0, 0.1) is 11.3 Å². The van der Waals surface area contributed by atoms with Gasteiger partial charge in [0.25, 0.3) is 5.91 Å². The quantitative estimate of drug-likeness (QED) is 0.0935. The van der Waals surface area contributed by atoms with E-state index in [0.717, 1.165) is 42.6 Å². The minimum Gasteiger partial charge on any atom is -0.506 e. The summed E-state index contributed by atoms with van der Waals surface area (Å²) in [6.45, 7) is 15.5. The Morgan fingerprint density at radius 1 is 0.887 bits per heavy atom. The molecule has 0 bridgehead atoms. The van der Waals surface area contributed by atoms with Gasteiger partial charge in [-0.2, -0.15) is 5.26 Å². The van der Waals surface area contributed by atoms with Crippen LogP contribution < -0.4 is 20.7 Å². The van der Waals surface area contributed by atoms with E-state index in [9.17, 15) is 20.0 Å². The summed E-state index contributed by atoms with van der Waals surface area (Å²) in [7, 11) is 0. The van der Waals surface area contributed by atoms with E-state index in [1.807, 2.05) is 12.1 Å². The van der Waals surface area contributed by atoms with Crippen molar-refractivity contribution in [3.63, 3.8) is 0 Å². The Labute approximate surface area is 323 Å². The molecule has 53 heavy (non-hydrogen) atoms. The van der Waals surface area contributed by atoms with Gasteiger partial charge in [0.2, 0.25) is 0 Å². The van der Waals surface area contributed by atoms with Gasteiger partial charge in [-0.25, -0.2) is 4.79 Å². The van der Waals surface area contributed by atoms with Crippen molar-refractivity contribution < 1.29 is 19.4 Å². The van der Waals surface area contributed by atoms with Gasteiger partial charge in [-0.05, 0) is 72.4 Å². The number of carbonyl (C=O) groups excluding carboxylic acids is 2. The standard InChI is InChI=1S/C44H61ClN4O4/c1-8-11-12-13-14-15-16-17-18-19-23-40(53-39-25-24-32(43(4,5)9-2)27-34(39)44(6,7)10-3)41(51)48-36-29-38(50)37(28-35(36)45)49(42(47)52)33-22-20-21-31(26-33)30-46/h20-22,24-29,40,50H,8-19,23H2,1-7H3,(H2,47,52)(H,48,51). The number of ether oxygens (including phenoxy) is 1. The highest BCUT2D eigenvalue weighted by Crippen LogP contribution is 2.41. The number of urea groups is 1. The van der Waals surface area contributed by atoms with E-state index in [2.05, 4.69) is 65.9 Å². The summed E-state index contributed by atoms with van der Waals surface area (Å²) in [6, 6.07) is 16.4. The van der Waals surface area contributed by atoms with Gasteiger partial charge in [0.15, 0.2) is 6.10 Å². The van der Waals surface area contributed by atoms with Crippen LogP contribution in [0.25, 0.3) is 0 Å². The Balaban J connectivity index is 1.90. The lowest BCUT2D eigenvalue weighted by molar-refractivity contribution is -0.123. The lowest BCUT2D eigenvalue weighted by atomic mass is 9.76. The number of hydrogen-bond acceptors (Lipinski definition) is 5. The average molecular weight is 745 g/mol. The molecule has 0 radical (unpaired) electrons. The molecule has 4 N–H and O–H groups in total. The van der Waals surface area contributed by atoms with Crippen molar-refractivity contribution in [2.75, 3.05) is 10.2 Å². The number of nitrogens with one attached hydrogen (secondary N) is 1. The van der Waals surface area contributed by atoms with Crippen molar-refractivity contribution in [3.05, 3.63) is 76.3 Å². The normalized spacial score (nSPS) is 12.2. The first kappa shape index (κ1) is 43.2. The third-order valence-corrected chi connectivity index (χ3v) is 11.0. The Morgan fingerprint density at radius 3 is 2.09 bits per heavy atom. The van der Waals surface area contributed by atoms with Crippen molar-refractivity contribution in [3.8, 4) is 17.6 Å². The number of nitrogens with two attached hydrogens (primary N) is 1. The Hall–Kier alpha value is -4.22. The summed E-state index contributed by atoms with van der Waals surface area (Å²) < 4.78 is 6.68. The van der Waals surface area contributed by atoms with Gasteiger partial charge in [-0.15, -0.1) is 0 Å². The Kier molecular flexibility index (Phi) is 16.5. The fourth-order valence-corrected chi connectivity index (χ4v) is 6.54. The van der Waals surface area contributed by atoms with Gasteiger partial charge >= 0.3 is 6.03 Å². The number of anilines is 3. The second-order valence-electron chi connectivity index (χ2n) is 15.4. The number of phenolic OH excluding ortho intramolecular Hbond substituents is 1. The van der Waals surface area contributed by atoms with E-state index in [1.54, 1.807) is 18.2 Å². The maximum atomic E-state index is 14.1. The SMILES string of the molecule is CCCCCCCCCCCCC(Oc1ccc(C(C)(C)CC)cc1C(C)(C)CC)C(=O)Nc1cc(O)c(N(C(N)=O)c2cccc(C#N)c2)cc1Cl. The van der Waals surface area contributed by atoms with Gasteiger partial charge in [0, 0.05) is 11.6 Å². The molecule has 0 aliphatic heterocycles. The van der Waals surface area contributed by atoms with Gasteiger partial charge in [0.1, 0.15) is 11.5 Å². The fraction of sp³-hybridized carbons (Fsp3) is 0.523. The van der Waals surface area contributed by atoms with Crippen molar-refractivity contribution in [1.29, 1.82) is 5.26 Å². The van der Waals surface area contributed by atoms with Crippen LogP contribution in [0.15, 0.2) is 54.6 Å². The topological polar surface area (TPSA) is 129 Å². The molecular formula is C44H61ClN4O4. The molecule has 1 unspecified atom stereocenters. The van der Waals surface area contributed by atoms with Crippen LogP contribution in [0.5, 0.6) is 11.5 Å². The van der Waals surface area contributed by atoms with Crippen LogP contribution in [0.3, 0.4) is 0 Å². The predicted molar refractivity (Wildman–Crippen MR) is 219 cm³/mol. The van der Waals surface area contributed by atoms with Crippen molar-refractivity contribution in [2.45, 2.75) is 149 Å². The number of amides is 3. The largest absolute Gasteiger partial charge is 0.506 e. The van der Waals surface area contributed by atoms with Crippen LogP contribution in [0.4, 0.5) is 21.9 Å². The highest BCUT2D eigenvalue weighted by molar-refractivity contribution is 6.34. The molecule has 0 spiro atoms. The first-order valence-corrected chi connectivity index (χ1v) is 19.8. The van der Waals surface area contributed by atoms with Crippen molar-refractivity contribution >= 4 is 40.6 Å². The number of nitriles is 1. The predicted octanol–water partition coefficient (Wildman–Crippen LogP) is 12.2. The smallest absolute Gasteiger partial charge is 0.324 e. The minimum absolute atomic E-state index is 0.00952. The monoisotopic (exact) mass is 744 g/mol. The van der Waals surface area contributed by atoms with E-state index in [1.165, 1.54) is 68.7 Å². The number of benzene rings is 3. The lowest BCUT2D eigenvalue weighted by Gasteiger charge is -2.31. The zero-order valence-corrected chi connectivity index (χ0v) is 33.7. The maximum Gasteiger partial charge on any atom is 0.324 e. The number of primary amides is 1. The Bertz CT molecular complexity index is 1710. The molecule has 9 heteroatoms. The summed E-state index contributed by atoms with van der Waals surface area (Å²) in [5, 5.41) is 23.5. The van der Waals surface area contributed by atoms with E-state index in [4.69, 9.17) is 22.1 Å². The van der Waals surface area contributed by atoms with Gasteiger partial charge in [-0.3, -0.25) is 9.69 Å². The molecule has 0 fully saturated rings. The van der Waals surface area contributed by atoms with E-state index >= 15 is 0 Å². The van der Waals surface area contributed by atoms with Crippen LogP contribution in [0.2, 0.25) is 5.02 Å². The van der Waals surface area contributed by atoms with Crippen molar-refractivity contribution in [1.82, 2.24) is 0 Å². The van der Waals surface area contributed by atoms with Gasteiger partial charge in [-0.1, -0.05) is 136 Å². The first-order valence-electron chi connectivity index (χ1n) is 19.4.